The summed E-state index contributed by atoms with van der Waals surface area (Å²) < 4.78 is 8.33. The van der Waals surface area contributed by atoms with Gasteiger partial charge in [0.25, 0.3) is 11.7 Å². The molecule has 0 N–H and O–H groups in total. The summed E-state index contributed by atoms with van der Waals surface area (Å²) in [6, 6.07) is 0. The maximum absolute atomic E-state index is 6.06. The molecule has 0 amide bonds. The lowest BCUT2D eigenvalue weighted by molar-refractivity contribution is -0.715. The standard InChI is InChI=1S/C16H20NO/c1-8-7-17-13(6)18-16-12(5)10(3)11(4)14(9(8)2)15(16)17/h7,13H,1-6H3/q+1. The molecule has 3 rings (SSSR count). The summed E-state index contributed by atoms with van der Waals surface area (Å²) in [4.78, 5) is 0. The molecule has 0 radical (unpaired) electrons. The Kier molecular flexibility index (Phi) is 2.22. The Balaban J connectivity index is 2.63. The van der Waals surface area contributed by atoms with Gasteiger partial charge in [0.05, 0.1) is 5.39 Å². The van der Waals surface area contributed by atoms with Crippen molar-refractivity contribution in [2.75, 3.05) is 0 Å². The van der Waals surface area contributed by atoms with Crippen LogP contribution in [0.15, 0.2) is 6.20 Å². The van der Waals surface area contributed by atoms with E-state index in [4.69, 9.17) is 4.74 Å². The van der Waals surface area contributed by atoms with Gasteiger partial charge in [-0.15, -0.1) is 0 Å². The van der Waals surface area contributed by atoms with Gasteiger partial charge < -0.3 is 4.74 Å². The minimum Gasteiger partial charge on any atom is -0.426 e. The monoisotopic (exact) mass is 242 g/mol. The summed E-state index contributed by atoms with van der Waals surface area (Å²) >= 11 is 0. The van der Waals surface area contributed by atoms with Crippen molar-refractivity contribution in [1.82, 2.24) is 0 Å². The fraction of sp³-hybridized carbons (Fsp3) is 0.438. The van der Waals surface area contributed by atoms with Crippen LogP contribution < -0.4 is 9.30 Å². The van der Waals surface area contributed by atoms with Crippen LogP contribution in [0.3, 0.4) is 0 Å². The highest BCUT2D eigenvalue weighted by molar-refractivity contribution is 5.91. The van der Waals surface area contributed by atoms with Gasteiger partial charge in [0.1, 0.15) is 0 Å². The Morgan fingerprint density at radius 1 is 0.944 bits per heavy atom. The molecule has 94 valence electrons. The minimum absolute atomic E-state index is 0.0988. The van der Waals surface area contributed by atoms with Crippen molar-refractivity contribution >= 4 is 10.9 Å². The summed E-state index contributed by atoms with van der Waals surface area (Å²) in [6.45, 7) is 13.1. The predicted molar refractivity (Wildman–Crippen MR) is 73.2 cm³/mol. The molecule has 1 unspecified atom stereocenters. The van der Waals surface area contributed by atoms with Crippen molar-refractivity contribution < 1.29 is 9.30 Å². The molecule has 0 spiro atoms. The van der Waals surface area contributed by atoms with Crippen LogP contribution in [0, 0.1) is 34.6 Å². The second kappa shape index (κ2) is 3.47. The van der Waals surface area contributed by atoms with Gasteiger partial charge >= 0.3 is 0 Å². The van der Waals surface area contributed by atoms with E-state index in [0.29, 0.717) is 0 Å². The lowest BCUT2D eigenvalue weighted by Crippen LogP contribution is -2.37. The third-order valence-electron chi connectivity index (χ3n) is 4.53. The molecule has 2 aromatic rings. The van der Waals surface area contributed by atoms with Gasteiger partial charge in [-0.3, -0.25) is 0 Å². The number of hydrogen-bond acceptors (Lipinski definition) is 1. The fourth-order valence-electron chi connectivity index (χ4n) is 3.04. The molecule has 1 aliphatic rings. The molecule has 2 heteroatoms. The maximum Gasteiger partial charge on any atom is 0.299 e. The molecule has 2 heterocycles. The highest BCUT2D eigenvalue weighted by Gasteiger charge is 2.34. The van der Waals surface area contributed by atoms with E-state index in [0.717, 1.165) is 5.75 Å². The molecule has 2 nitrogen and oxygen atoms in total. The second-order valence-corrected chi connectivity index (χ2v) is 5.49. The van der Waals surface area contributed by atoms with Gasteiger partial charge in [-0.25, -0.2) is 0 Å². The van der Waals surface area contributed by atoms with Crippen LogP contribution in [0.5, 0.6) is 5.75 Å². The van der Waals surface area contributed by atoms with Gasteiger partial charge in [0.2, 0.25) is 5.75 Å². The third-order valence-corrected chi connectivity index (χ3v) is 4.53. The van der Waals surface area contributed by atoms with Crippen LogP contribution in [-0.4, -0.2) is 0 Å². The molecule has 18 heavy (non-hydrogen) atoms. The van der Waals surface area contributed by atoms with Crippen molar-refractivity contribution in [3.8, 4) is 5.75 Å². The summed E-state index contributed by atoms with van der Waals surface area (Å²) in [7, 11) is 0. The number of pyridine rings is 1. The summed E-state index contributed by atoms with van der Waals surface area (Å²) in [6.07, 6.45) is 2.31. The van der Waals surface area contributed by atoms with E-state index in [-0.39, 0.29) is 6.23 Å². The largest absolute Gasteiger partial charge is 0.426 e. The average Bonchev–Trinajstić information content (AvgIpc) is 2.65. The number of hydrogen-bond donors (Lipinski definition) is 0. The van der Waals surface area contributed by atoms with Gasteiger partial charge in [0, 0.05) is 18.1 Å². The Morgan fingerprint density at radius 2 is 1.61 bits per heavy atom. The minimum atomic E-state index is 0.0988. The Labute approximate surface area is 108 Å². The Hall–Kier alpha value is -1.57. The van der Waals surface area contributed by atoms with Crippen LogP contribution in [0.1, 0.15) is 41.0 Å². The zero-order valence-corrected chi connectivity index (χ0v) is 12.0. The van der Waals surface area contributed by atoms with E-state index in [9.17, 15) is 0 Å². The molecule has 0 saturated heterocycles. The smallest absolute Gasteiger partial charge is 0.299 e. The van der Waals surface area contributed by atoms with Gasteiger partial charge in [-0.1, -0.05) is 0 Å². The predicted octanol–water partition coefficient (Wildman–Crippen LogP) is 3.58. The molecule has 0 saturated carbocycles. The summed E-state index contributed by atoms with van der Waals surface area (Å²) in [5.41, 5.74) is 8.00. The first-order chi connectivity index (χ1) is 8.43. The van der Waals surface area contributed by atoms with Crippen LogP contribution >= 0.6 is 0 Å². The molecule has 1 aromatic carbocycles. The third kappa shape index (κ3) is 1.21. The number of ether oxygens (including phenoxy) is 1. The van der Waals surface area contributed by atoms with Crippen molar-refractivity contribution in [2.24, 2.45) is 0 Å². The van der Waals surface area contributed by atoms with Crippen molar-refractivity contribution in [1.29, 1.82) is 0 Å². The molecule has 0 bridgehead atoms. The lowest BCUT2D eigenvalue weighted by atomic mass is 9.94. The first-order valence-corrected chi connectivity index (χ1v) is 6.55. The van der Waals surface area contributed by atoms with Gasteiger partial charge in [-0.2, -0.15) is 4.57 Å². The van der Waals surface area contributed by atoms with Crippen molar-refractivity contribution in [3.63, 3.8) is 0 Å². The van der Waals surface area contributed by atoms with E-state index in [1.807, 2.05) is 0 Å². The molecule has 0 fully saturated rings. The zero-order valence-electron chi connectivity index (χ0n) is 12.0. The van der Waals surface area contributed by atoms with E-state index < -0.39 is 0 Å². The van der Waals surface area contributed by atoms with E-state index in [2.05, 4.69) is 52.3 Å². The highest BCUT2D eigenvalue weighted by Crippen LogP contribution is 2.39. The molecule has 1 aromatic heterocycles. The number of aryl methyl sites for hydroxylation is 3. The fourth-order valence-corrected chi connectivity index (χ4v) is 3.04. The maximum atomic E-state index is 6.06. The topological polar surface area (TPSA) is 13.1 Å². The Bertz CT molecular complexity index is 686. The van der Waals surface area contributed by atoms with Gasteiger partial charge in [-0.05, 0) is 51.3 Å². The molecule has 1 atom stereocenters. The molecule has 1 aliphatic heterocycles. The zero-order chi connectivity index (χ0) is 13.2. The van der Waals surface area contributed by atoms with Crippen LogP contribution in [0.25, 0.3) is 10.9 Å². The molecule has 0 aliphatic carbocycles. The average molecular weight is 242 g/mol. The van der Waals surface area contributed by atoms with Crippen molar-refractivity contribution in [2.45, 2.75) is 47.8 Å². The van der Waals surface area contributed by atoms with Crippen molar-refractivity contribution in [3.05, 3.63) is 34.0 Å². The quantitative estimate of drug-likeness (QED) is 0.644. The van der Waals surface area contributed by atoms with Gasteiger partial charge in [0.15, 0.2) is 6.20 Å². The number of benzene rings is 1. The number of aromatic nitrogens is 1. The van der Waals surface area contributed by atoms with Crippen LogP contribution in [0.4, 0.5) is 0 Å². The summed E-state index contributed by atoms with van der Waals surface area (Å²) in [5, 5.41) is 1.37. The highest BCUT2D eigenvalue weighted by atomic mass is 16.5. The van der Waals surface area contributed by atoms with E-state index in [1.165, 1.54) is 38.7 Å². The SMILES string of the molecule is Cc1c[n+]2c3c(c(C)c(C)c(C)c3c1C)OC2C. The van der Waals surface area contributed by atoms with Crippen LogP contribution in [0.2, 0.25) is 0 Å². The van der Waals surface area contributed by atoms with E-state index in [1.54, 1.807) is 0 Å². The number of nitrogens with zero attached hydrogens (tertiary/aromatic N) is 1. The number of rotatable bonds is 0. The van der Waals surface area contributed by atoms with Crippen LogP contribution in [-0.2, 0) is 0 Å². The molecular weight excluding hydrogens is 222 g/mol. The second-order valence-electron chi connectivity index (χ2n) is 5.49. The lowest BCUT2D eigenvalue weighted by Gasteiger charge is -2.11. The molecular formula is C16H20NO+. The first-order valence-electron chi connectivity index (χ1n) is 6.55. The summed E-state index contributed by atoms with van der Waals surface area (Å²) in [5.74, 6) is 1.07. The van der Waals surface area contributed by atoms with E-state index >= 15 is 0 Å². The normalized spacial score (nSPS) is 17.3. The first kappa shape index (κ1) is 11.5. The Morgan fingerprint density at radius 3 is 2.28 bits per heavy atom.